The highest BCUT2D eigenvalue weighted by Crippen LogP contribution is 2.50. The van der Waals surface area contributed by atoms with Crippen molar-refractivity contribution in [3.63, 3.8) is 0 Å². The zero-order chi connectivity index (χ0) is 15.0. The first kappa shape index (κ1) is 18.4. The number of nitrogens with two attached hydrogens (primary N) is 1. The number of thiophene rings is 1. The summed E-state index contributed by atoms with van der Waals surface area (Å²) in [6.45, 7) is 7.28. The van der Waals surface area contributed by atoms with Gasteiger partial charge >= 0.3 is 0 Å². The van der Waals surface area contributed by atoms with E-state index in [4.69, 9.17) is 10.5 Å². The van der Waals surface area contributed by atoms with Crippen LogP contribution >= 0.6 is 23.7 Å². The molecule has 0 bridgehead atoms. The lowest BCUT2D eigenvalue weighted by Gasteiger charge is -2.58. The van der Waals surface area contributed by atoms with E-state index in [2.05, 4.69) is 0 Å². The number of rotatable bonds is 5. The Morgan fingerprint density at radius 2 is 2.24 bits per heavy atom. The highest BCUT2D eigenvalue weighted by molar-refractivity contribution is 7.09. The third-order valence-electron chi connectivity index (χ3n) is 4.53. The van der Waals surface area contributed by atoms with E-state index in [1.807, 2.05) is 45.3 Å². The van der Waals surface area contributed by atoms with Crippen molar-refractivity contribution in [2.75, 3.05) is 13.7 Å². The van der Waals surface area contributed by atoms with Gasteiger partial charge in [-0.3, -0.25) is 4.79 Å². The van der Waals surface area contributed by atoms with Gasteiger partial charge in [-0.2, -0.15) is 0 Å². The molecule has 1 aromatic rings. The van der Waals surface area contributed by atoms with E-state index >= 15 is 0 Å². The SMILES string of the molecule is CCOC1CC(N)(C(=O)N(C)Cc2cccs2)C1(C)C.Cl. The second kappa shape index (κ2) is 6.65. The van der Waals surface area contributed by atoms with Crippen molar-refractivity contribution >= 4 is 29.7 Å². The molecule has 0 aromatic carbocycles. The lowest BCUT2D eigenvalue weighted by Crippen LogP contribution is -2.75. The molecule has 2 unspecified atom stereocenters. The van der Waals surface area contributed by atoms with E-state index in [1.165, 1.54) is 4.88 Å². The zero-order valence-corrected chi connectivity index (χ0v) is 14.7. The van der Waals surface area contributed by atoms with Crippen LogP contribution in [0, 0.1) is 5.41 Å². The van der Waals surface area contributed by atoms with Crippen LogP contribution in [0.4, 0.5) is 0 Å². The fourth-order valence-corrected chi connectivity index (χ4v) is 3.60. The Morgan fingerprint density at radius 3 is 2.71 bits per heavy atom. The van der Waals surface area contributed by atoms with E-state index in [-0.39, 0.29) is 29.8 Å². The summed E-state index contributed by atoms with van der Waals surface area (Å²) in [5, 5.41) is 2.02. The number of likely N-dealkylation sites (N-methyl/N-ethyl adjacent to an activating group) is 1. The highest BCUT2D eigenvalue weighted by Gasteiger charge is 2.63. The number of carbonyl (C=O) groups is 1. The van der Waals surface area contributed by atoms with E-state index in [9.17, 15) is 4.79 Å². The third kappa shape index (κ3) is 3.11. The molecular formula is C15H25ClN2O2S. The van der Waals surface area contributed by atoms with E-state index < -0.39 is 5.54 Å². The number of halogens is 1. The molecule has 0 radical (unpaired) electrons. The number of nitrogens with zero attached hydrogens (tertiary/aromatic N) is 1. The lowest BCUT2D eigenvalue weighted by molar-refractivity contribution is -0.178. The van der Waals surface area contributed by atoms with Gasteiger partial charge in [0.2, 0.25) is 5.91 Å². The van der Waals surface area contributed by atoms with Gasteiger partial charge in [-0.25, -0.2) is 0 Å². The average Bonchev–Trinajstić information content (AvgIpc) is 2.90. The van der Waals surface area contributed by atoms with Crippen molar-refractivity contribution in [2.45, 2.75) is 45.4 Å². The van der Waals surface area contributed by atoms with Gasteiger partial charge in [0.25, 0.3) is 0 Å². The summed E-state index contributed by atoms with van der Waals surface area (Å²) in [5.74, 6) is 0.00635. The molecule has 1 fully saturated rings. The van der Waals surface area contributed by atoms with Crippen LogP contribution in [0.25, 0.3) is 0 Å². The molecule has 1 amide bonds. The smallest absolute Gasteiger partial charge is 0.243 e. The van der Waals surface area contributed by atoms with Crippen LogP contribution in [-0.4, -0.2) is 36.1 Å². The van der Waals surface area contributed by atoms with Crippen LogP contribution in [0.1, 0.15) is 32.1 Å². The van der Waals surface area contributed by atoms with Crippen molar-refractivity contribution in [1.29, 1.82) is 0 Å². The predicted octanol–water partition coefficient (Wildman–Crippen LogP) is 2.66. The summed E-state index contributed by atoms with van der Waals surface area (Å²) in [7, 11) is 1.82. The van der Waals surface area contributed by atoms with Crippen LogP contribution < -0.4 is 5.73 Å². The van der Waals surface area contributed by atoms with Gasteiger partial charge in [0.1, 0.15) is 5.54 Å². The van der Waals surface area contributed by atoms with Crippen LogP contribution in [0.3, 0.4) is 0 Å². The molecule has 1 saturated carbocycles. The van der Waals surface area contributed by atoms with Crippen LogP contribution in [0.15, 0.2) is 17.5 Å². The zero-order valence-electron chi connectivity index (χ0n) is 13.1. The molecule has 2 N–H and O–H groups in total. The number of ether oxygens (including phenoxy) is 1. The van der Waals surface area contributed by atoms with Gasteiger partial charge in [0.15, 0.2) is 0 Å². The normalized spacial score (nSPS) is 26.6. The van der Waals surface area contributed by atoms with Crippen LogP contribution in [0.2, 0.25) is 0 Å². The third-order valence-corrected chi connectivity index (χ3v) is 5.39. The molecule has 1 aliphatic rings. The second-order valence-electron chi connectivity index (χ2n) is 6.08. The Morgan fingerprint density at radius 1 is 1.57 bits per heavy atom. The Bertz CT molecular complexity index is 478. The molecule has 120 valence electrons. The van der Waals surface area contributed by atoms with Crippen LogP contribution in [0.5, 0.6) is 0 Å². The summed E-state index contributed by atoms with van der Waals surface area (Å²) in [6, 6.07) is 4.03. The summed E-state index contributed by atoms with van der Waals surface area (Å²) in [5.41, 5.74) is 5.26. The van der Waals surface area contributed by atoms with Gasteiger partial charge in [-0.15, -0.1) is 23.7 Å². The maximum Gasteiger partial charge on any atom is 0.243 e. The molecule has 21 heavy (non-hydrogen) atoms. The van der Waals surface area contributed by atoms with Crippen molar-refractivity contribution in [3.05, 3.63) is 22.4 Å². The monoisotopic (exact) mass is 332 g/mol. The Balaban J connectivity index is 0.00000220. The molecule has 2 atom stereocenters. The minimum absolute atomic E-state index is 0. The summed E-state index contributed by atoms with van der Waals surface area (Å²) in [4.78, 5) is 15.6. The van der Waals surface area contributed by atoms with Gasteiger partial charge in [0, 0.05) is 30.4 Å². The lowest BCUT2D eigenvalue weighted by atomic mass is 9.54. The Hall–Kier alpha value is -0.620. The Kier molecular flexibility index (Phi) is 5.83. The molecule has 2 rings (SSSR count). The second-order valence-corrected chi connectivity index (χ2v) is 7.11. The minimum Gasteiger partial charge on any atom is -0.378 e. The van der Waals surface area contributed by atoms with Crippen molar-refractivity contribution in [2.24, 2.45) is 11.1 Å². The van der Waals surface area contributed by atoms with Crippen molar-refractivity contribution < 1.29 is 9.53 Å². The molecule has 1 aliphatic carbocycles. The van der Waals surface area contributed by atoms with E-state index in [0.717, 1.165) is 0 Å². The van der Waals surface area contributed by atoms with E-state index in [0.29, 0.717) is 19.6 Å². The molecule has 6 heteroatoms. The maximum atomic E-state index is 12.7. The molecule has 1 heterocycles. The molecule has 1 aromatic heterocycles. The fraction of sp³-hybridized carbons (Fsp3) is 0.667. The molecule has 0 saturated heterocycles. The quantitative estimate of drug-likeness (QED) is 0.901. The first-order valence-electron chi connectivity index (χ1n) is 7.01. The maximum absolute atomic E-state index is 12.7. The first-order valence-corrected chi connectivity index (χ1v) is 7.89. The molecular weight excluding hydrogens is 308 g/mol. The van der Waals surface area contributed by atoms with Gasteiger partial charge in [-0.1, -0.05) is 19.9 Å². The van der Waals surface area contributed by atoms with Crippen molar-refractivity contribution in [1.82, 2.24) is 4.90 Å². The van der Waals surface area contributed by atoms with Crippen molar-refractivity contribution in [3.8, 4) is 0 Å². The Labute approximate surface area is 137 Å². The van der Waals surface area contributed by atoms with Crippen LogP contribution in [-0.2, 0) is 16.1 Å². The number of carbonyl (C=O) groups excluding carboxylic acids is 1. The molecule has 0 aliphatic heterocycles. The summed E-state index contributed by atoms with van der Waals surface area (Å²) < 4.78 is 5.68. The highest BCUT2D eigenvalue weighted by atomic mass is 35.5. The largest absolute Gasteiger partial charge is 0.378 e. The summed E-state index contributed by atoms with van der Waals surface area (Å²) in [6.07, 6.45) is 0.665. The van der Waals surface area contributed by atoms with E-state index in [1.54, 1.807) is 16.2 Å². The van der Waals surface area contributed by atoms with Gasteiger partial charge in [-0.05, 0) is 18.4 Å². The topological polar surface area (TPSA) is 55.6 Å². The first-order chi connectivity index (χ1) is 9.33. The van der Waals surface area contributed by atoms with Gasteiger partial charge in [0.05, 0.1) is 12.6 Å². The number of hydrogen-bond acceptors (Lipinski definition) is 4. The standard InChI is InChI=1S/C15H24N2O2S.ClH/c1-5-19-12-9-15(16,14(12,2)3)13(18)17(4)10-11-7-6-8-20-11;/h6-8,12H,5,9-10,16H2,1-4H3;1H. The number of amides is 1. The summed E-state index contributed by atoms with van der Waals surface area (Å²) >= 11 is 1.65. The number of hydrogen-bond donors (Lipinski definition) is 1. The molecule has 0 spiro atoms. The fourth-order valence-electron chi connectivity index (χ4n) is 2.85. The minimum atomic E-state index is -0.821. The predicted molar refractivity (Wildman–Crippen MR) is 88.8 cm³/mol. The average molecular weight is 333 g/mol. The molecule has 4 nitrogen and oxygen atoms in total. The van der Waals surface area contributed by atoms with Gasteiger partial charge < -0.3 is 15.4 Å².